The molecule has 1 heterocycles. The Morgan fingerprint density at radius 1 is 0.750 bits per heavy atom. The minimum atomic E-state index is 0.987. The summed E-state index contributed by atoms with van der Waals surface area (Å²) in [5.41, 5.74) is 9.10. The highest BCUT2D eigenvalue weighted by molar-refractivity contribution is 6.28. The van der Waals surface area contributed by atoms with Crippen LogP contribution in [0, 0.1) is 11.3 Å². The van der Waals surface area contributed by atoms with Gasteiger partial charge in [0.05, 0.1) is 11.8 Å². The number of hydrogen-bond acceptors (Lipinski definition) is 1. The Morgan fingerprint density at radius 3 is 1.96 bits per heavy atom. The van der Waals surface area contributed by atoms with Crippen LogP contribution in [0.15, 0.2) is 91.0 Å². The fraction of sp³-hybridized carbons (Fsp3) is 0.0385. The van der Waals surface area contributed by atoms with Crippen molar-refractivity contribution in [1.82, 2.24) is 4.57 Å². The first-order chi connectivity index (χ1) is 13.8. The highest BCUT2D eigenvalue weighted by Crippen LogP contribution is 2.52. The Bertz CT molecular complexity index is 1300. The van der Waals surface area contributed by atoms with E-state index in [1.807, 2.05) is 12.1 Å². The van der Waals surface area contributed by atoms with Crippen molar-refractivity contribution in [3.63, 3.8) is 0 Å². The Balaban J connectivity index is 1.98. The van der Waals surface area contributed by atoms with Crippen molar-refractivity contribution < 1.29 is 0 Å². The van der Waals surface area contributed by atoms with Gasteiger partial charge < -0.3 is 4.57 Å². The van der Waals surface area contributed by atoms with Gasteiger partial charge in [-0.3, -0.25) is 0 Å². The molecule has 1 aliphatic rings. The summed E-state index contributed by atoms with van der Waals surface area (Å²) in [4.78, 5) is 0. The molecule has 132 valence electrons. The van der Waals surface area contributed by atoms with Crippen molar-refractivity contribution in [1.29, 1.82) is 5.26 Å². The molecule has 5 rings (SSSR count). The van der Waals surface area contributed by atoms with Gasteiger partial charge in [0.25, 0.3) is 0 Å². The van der Waals surface area contributed by atoms with Crippen LogP contribution in [0.4, 0.5) is 0 Å². The largest absolute Gasteiger partial charge is 0.343 e. The van der Waals surface area contributed by atoms with Crippen molar-refractivity contribution in [2.75, 3.05) is 0 Å². The number of benzene rings is 3. The maximum Gasteiger partial charge on any atom is 0.0919 e. The lowest BCUT2D eigenvalue weighted by Gasteiger charge is -2.12. The highest BCUT2D eigenvalue weighted by Gasteiger charge is 2.33. The van der Waals surface area contributed by atoms with Crippen molar-refractivity contribution in [2.24, 2.45) is 7.05 Å². The molecule has 0 amide bonds. The number of aryl methyl sites for hydroxylation is 1. The van der Waals surface area contributed by atoms with Gasteiger partial charge in [-0.2, -0.15) is 5.26 Å². The molecule has 0 saturated heterocycles. The number of fused-ring (bicyclic) bond motifs is 3. The van der Waals surface area contributed by atoms with Crippen LogP contribution in [-0.2, 0) is 7.05 Å². The minimum Gasteiger partial charge on any atom is -0.343 e. The molecular weight excluding hydrogens is 340 g/mol. The molecule has 0 aliphatic heterocycles. The van der Waals surface area contributed by atoms with Gasteiger partial charge in [-0.1, -0.05) is 78.9 Å². The molecule has 2 heteroatoms. The molecule has 1 aliphatic carbocycles. The molecule has 0 bridgehead atoms. The van der Waals surface area contributed by atoms with Gasteiger partial charge in [-0.15, -0.1) is 0 Å². The monoisotopic (exact) mass is 358 g/mol. The van der Waals surface area contributed by atoms with Crippen LogP contribution in [0.5, 0.6) is 0 Å². The molecule has 0 atom stereocenters. The molecule has 4 aromatic rings. The van der Waals surface area contributed by atoms with E-state index in [2.05, 4.69) is 90.5 Å². The van der Waals surface area contributed by atoms with Crippen LogP contribution in [-0.4, -0.2) is 4.57 Å². The zero-order valence-corrected chi connectivity index (χ0v) is 15.6. The van der Waals surface area contributed by atoms with E-state index in [9.17, 15) is 5.26 Å². The normalized spacial score (nSPS) is 14.5. The van der Waals surface area contributed by atoms with E-state index >= 15 is 0 Å². The van der Waals surface area contributed by atoms with E-state index in [4.69, 9.17) is 0 Å². The average Bonchev–Trinajstić information content (AvgIpc) is 3.23. The van der Waals surface area contributed by atoms with E-state index < -0.39 is 0 Å². The van der Waals surface area contributed by atoms with Gasteiger partial charge in [0.1, 0.15) is 0 Å². The molecule has 1 aromatic heterocycles. The third-order valence-electron chi connectivity index (χ3n) is 5.47. The highest BCUT2D eigenvalue weighted by atomic mass is 15.0. The molecule has 2 nitrogen and oxygen atoms in total. The summed E-state index contributed by atoms with van der Waals surface area (Å²) in [7, 11) is 2.09. The summed E-state index contributed by atoms with van der Waals surface area (Å²) in [6.45, 7) is 0. The van der Waals surface area contributed by atoms with Crippen molar-refractivity contribution in [3.05, 3.63) is 113 Å². The maximum atomic E-state index is 9.58. The lowest BCUT2D eigenvalue weighted by molar-refractivity contribution is 0.950. The van der Waals surface area contributed by atoms with Gasteiger partial charge in [0, 0.05) is 46.3 Å². The lowest BCUT2D eigenvalue weighted by atomic mass is 9.92. The molecule has 3 aromatic carbocycles. The van der Waals surface area contributed by atoms with Gasteiger partial charge in [-0.25, -0.2) is 0 Å². The van der Waals surface area contributed by atoms with Crippen LogP contribution in [0.1, 0.15) is 22.4 Å². The molecule has 0 spiro atoms. The first-order valence-corrected chi connectivity index (χ1v) is 9.34. The van der Waals surface area contributed by atoms with Gasteiger partial charge in [0.15, 0.2) is 0 Å². The van der Waals surface area contributed by atoms with E-state index in [1.54, 1.807) is 6.08 Å². The minimum absolute atomic E-state index is 0.987. The average molecular weight is 358 g/mol. The van der Waals surface area contributed by atoms with Gasteiger partial charge >= 0.3 is 0 Å². The lowest BCUT2D eigenvalue weighted by Crippen LogP contribution is -1.95. The Hall–Kier alpha value is -3.83. The van der Waals surface area contributed by atoms with Crippen LogP contribution in [0.25, 0.3) is 27.6 Å². The quantitative estimate of drug-likeness (QED) is 0.401. The van der Waals surface area contributed by atoms with Gasteiger partial charge in [0.2, 0.25) is 0 Å². The number of nitrogens with zero attached hydrogens (tertiary/aromatic N) is 2. The van der Waals surface area contributed by atoms with E-state index in [0.29, 0.717) is 0 Å². The smallest absolute Gasteiger partial charge is 0.0919 e. The zero-order chi connectivity index (χ0) is 19.1. The maximum absolute atomic E-state index is 9.58. The van der Waals surface area contributed by atoms with Crippen LogP contribution in [0.2, 0.25) is 0 Å². The molecule has 0 saturated carbocycles. The summed E-state index contributed by atoms with van der Waals surface area (Å²) >= 11 is 0. The predicted molar refractivity (Wildman–Crippen MR) is 115 cm³/mol. The van der Waals surface area contributed by atoms with Crippen molar-refractivity contribution in [3.8, 4) is 6.07 Å². The van der Waals surface area contributed by atoms with E-state index in [0.717, 1.165) is 22.4 Å². The SMILES string of the molecule is Cn1c2c(c3ccccc31)C(c1ccccc1)=C(c1ccccc1)/C2=C/C#N. The van der Waals surface area contributed by atoms with Crippen molar-refractivity contribution in [2.45, 2.75) is 0 Å². The fourth-order valence-electron chi connectivity index (χ4n) is 4.34. The second-order valence-corrected chi connectivity index (χ2v) is 6.97. The third kappa shape index (κ3) is 2.27. The van der Waals surface area contributed by atoms with Crippen LogP contribution >= 0.6 is 0 Å². The topological polar surface area (TPSA) is 28.7 Å². The fourth-order valence-corrected chi connectivity index (χ4v) is 4.34. The van der Waals surface area contributed by atoms with Crippen molar-refractivity contribution >= 4 is 27.6 Å². The third-order valence-corrected chi connectivity index (χ3v) is 5.47. The number of aromatic nitrogens is 1. The van der Waals surface area contributed by atoms with Crippen LogP contribution < -0.4 is 0 Å². The summed E-state index contributed by atoms with van der Waals surface area (Å²) in [5.74, 6) is 0. The second-order valence-electron chi connectivity index (χ2n) is 6.97. The summed E-state index contributed by atoms with van der Waals surface area (Å²) in [6.07, 6.45) is 1.69. The molecule has 0 fully saturated rings. The molecular formula is C26H18N2. The molecule has 0 unspecified atom stereocenters. The summed E-state index contributed by atoms with van der Waals surface area (Å²) in [5, 5.41) is 10.8. The standard InChI is InChI=1S/C26H18N2/c1-28-22-15-9-8-14-20(22)25-24(19-12-6-3-7-13-19)23(18-10-4-2-5-11-18)21(16-17-27)26(25)28/h2-16H,1H3/b21-16-. The second kappa shape index (κ2) is 6.40. The summed E-state index contributed by atoms with van der Waals surface area (Å²) in [6, 6.07) is 31.6. The predicted octanol–water partition coefficient (Wildman–Crippen LogP) is 6.06. The first-order valence-electron chi connectivity index (χ1n) is 9.34. The zero-order valence-electron chi connectivity index (χ0n) is 15.6. The number of rotatable bonds is 2. The Morgan fingerprint density at radius 2 is 1.32 bits per heavy atom. The first kappa shape index (κ1) is 16.4. The van der Waals surface area contributed by atoms with E-state index in [-0.39, 0.29) is 0 Å². The van der Waals surface area contributed by atoms with E-state index in [1.165, 1.54) is 27.6 Å². The number of para-hydroxylation sites is 1. The summed E-state index contributed by atoms with van der Waals surface area (Å²) < 4.78 is 2.22. The number of allylic oxidation sites excluding steroid dienone is 3. The van der Waals surface area contributed by atoms with Gasteiger partial charge in [-0.05, 0) is 17.2 Å². The van der Waals surface area contributed by atoms with Crippen LogP contribution in [0.3, 0.4) is 0 Å². The number of hydrogen-bond donors (Lipinski definition) is 0. The molecule has 0 N–H and O–H groups in total. The number of nitriles is 1. The molecule has 28 heavy (non-hydrogen) atoms. The Labute approximate surface area is 164 Å². The molecule has 0 radical (unpaired) electrons. The Kier molecular flexibility index (Phi) is 3.74.